The standard InChI is InChI=1S/C22H24O9/c1-13-11-19(27-4)22(29-6,31-15(3)24)20(26)17(13)8-7-16-9-10-21(28-5,18(25)12-16)30-14(2)23/h7-12H,1-6H3/b8-7-. The number of ether oxygens (including phenoxy) is 5. The molecule has 0 aliphatic heterocycles. The first kappa shape index (κ1) is 24.0. The Morgan fingerprint density at radius 2 is 1.58 bits per heavy atom. The van der Waals surface area contributed by atoms with Crippen molar-refractivity contribution in [1.82, 2.24) is 0 Å². The van der Waals surface area contributed by atoms with Crippen molar-refractivity contribution in [2.24, 2.45) is 0 Å². The van der Waals surface area contributed by atoms with Crippen LogP contribution in [-0.2, 0) is 42.9 Å². The minimum Gasteiger partial charge on any atom is -0.494 e. The molecule has 0 N–H and O–H groups in total. The van der Waals surface area contributed by atoms with Crippen LogP contribution in [0.5, 0.6) is 0 Å². The molecule has 0 saturated heterocycles. The van der Waals surface area contributed by atoms with E-state index >= 15 is 0 Å². The average molecular weight is 432 g/mol. The summed E-state index contributed by atoms with van der Waals surface area (Å²) in [4.78, 5) is 48.6. The zero-order valence-electron chi connectivity index (χ0n) is 18.1. The fourth-order valence-corrected chi connectivity index (χ4v) is 3.15. The molecular formula is C22H24O9. The van der Waals surface area contributed by atoms with Crippen LogP contribution in [0.25, 0.3) is 0 Å². The van der Waals surface area contributed by atoms with E-state index < -0.39 is 35.1 Å². The number of ketones is 2. The Hall–Kier alpha value is -3.30. The maximum atomic E-state index is 13.2. The Bertz CT molecular complexity index is 963. The molecule has 0 aromatic rings. The fraction of sp³-hybridized carbons (Fsp3) is 0.364. The molecule has 0 radical (unpaired) electrons. The van der Waals surface area contributed by atoms with Gasteiger partial charge in [-0.15, -0.1) is 0 Å². The van der Waals surface area contributed by atoms with E-state index in [4.69, 9.17) is 23.7 Å². The molecular weight excluding hydrogens is 408 g/mol. The molecule has 2 rings (SSSR count). The molecule has 0 heterocycles. The maximum absolute atomic E-state index is 13.2. The second-order valence-corrected chi connectivity index (χ2v) is 6.69. The monoisotopic (exact) mass is 432 g/mol. The normalized spacial score (nSPS) is 26.0. The lowest BCUT2D eigenvalue weighted by Crippen LogP contribution is -2.49. The smallest absolute Gasteiger partial charge is 0.337 e. The van der Waals surface area contributed by atoms with E-state index in [2.05, 4.69) is 0 Å². The van der Waals surface area contributed by atoms with Crippen LogP contribution in [0.2, 0.25) is 0 Å². The van der Waals surface area contributed by atoms with Gasteiger partial charge in [0.25, 0.3) is 5.79 Å². The van der Waals surface area contributed by atoms with Crippen LogP contribution in [0.15, 0.2) is 58.9 Å². The minimum absolute atomic E-state index is 0.0306. The van der Waals surface area contributed by atoms with E-state index in [1.807, 2.05) is 0 Å². The van der Waals surface area contributed by atoms with Gasteiger partial charge in [0.05, 0.1) is 7.11 Å². The van der Waals surface area contributed by atoms with Crippen molar-refractivity contribution in [2.45, 2.75) is 32.3 Å². The molecule has 9 nitrogen and oxygen atoms in total. The van der Waals surface area contributed by atoms with Crippen LogP contribution < -0.4 is 0 Å². The summed E-state index contributed by atoms with van der Waals surface area (Å²) in [5.74, 6) is -6.49. The van der Waals surface area contributed by atoms with Crippen LogP contribution in [0.3, 0.4) is 0 Å². The molecule has 0 bridgehead atoms. The zero-order valence-corrected chi connectivity index (χ0v) is 18.1. The van der Waals surface area contributed by atoms with E-state index in [0.29, 0.717) is 11.1 Å². The van der Waals surface area contributed by atoms with E-state index in [1.54, 1.807) is 6.92 Å². The molecule has 9 heteroatoms. The molecule has 0 aromatic heterocycles. The predicted molar refractivity (Wildman–Crippen MR) is 107 cm³/mol. The Morgan fingerprint density at radius 1 is 0.935 bits per heavy atom. The second-order valence-electron chi connectivity index (χ2n) is 6.69. The van der Waals surface area contributed by atoms with E-state index in [-0.39, 0.29) is 11.3 Å². The van der Waals surface area contributed by atoms with Crippen LogP contribution >= 0.6 is 0 Å². The summed E-state index contributed by atoms with van der Waals surface area (Å²) >= 11 is 0. The molecule has 0 saturated carbocycles. The van der Waals surface area contributed by atoms with E-state index in [0.717, 1.165) is 13.8 Å². The molecule has 0 amide bonds. The summed E-state index contributed by atoms with van der Waals surface area (Å²) < 4.78 is 25.8. The van der Waals surface area contributed by atoms with Gasteiger partial charge in [-0.1, -0.05) is 18.2 Å². The lowest BCUT2D eigenvalue weighted by Gasteiger charge is -2.34. The quantitative estimate of drug-likeness (QED) is 0.439. The summed E-state index contributed by atoms with van der Waals surface area (Å²) in [6, 6.07) is 0. The third-order valence-corrected chi connectivity index (χ3v) is 4.61. The van der Waals surface area contributed by atoms with Gasteiger partial charge in [-0.25, -0.2) is 0 Å². The third kappa shape index (κ3) is 4.57. The van der Waals surface area contributed by atoms with Crippen molar-refractivity contribution in [3.05, 3.63) is 58.9 Å². The fourth-order valence-electron chi connectivity index (χ4n) is 3.15. The van der Waals surface area contributed by atoms with Gasteiger partial charge in [0, 0.05) is 33.6 Å². The second kappa shape index (κ2) is 9.23. The molecule has 0 fully saturated rings. The summed E-state index contributed by atoms with van der Waals surface area (Å²) in [5.41, 5.74) is 1.15. The van der Waals surface area contributed by atoms with Gasteiger partial charge in [0.1, 0.15) is 0 Å². The van der Waals surface area contributed by atoms with Crippen molar-refractivity contribution in [3.63, 3.8) is 0 Å². The number of esters is 2. The Morgan fingerprint density at radius 3 is 2.06 bits per heavy atom. The first-order chi connectivity index (χ1) is 14.5. The lowest BCUT2D eigenvalue weighted by molar-refractivity contribution is -0.212. The van der Waals surface area contributed by atoms with Crippen molar-refractivity contribution in [2.75, 3.05) is 21.3 Å². The van der Waals surface area contributed by atoms with Gasteiger partial charge in [0.15, 0.2) is 5.76 Å². The summed E-state index contributed by atoms with van der Waals surface area (Å²) in [5, 5.41) is 0. The van der Waals surface area contributed by atoms with E-state index in [9.17, 15) is 19.2 Å². The SMILES string of the molecule is COC1=CC(C)=C(/C=C\C2=CC(=O)C(OC)(OC(C)=O)C=C2)C(=O)C1(OC)OC(C)=O. The number of allylic oxidation sites excluding steroid dienone is 6. The molecule has 2 atom stereocenters. The summed E-state index contributed by atoms with van der Waals surface area (Å²) in [6.07, 6.45) is 8.55. The number of rotatable bonds is 7. The van der Waals surface area contributed by atoms with Crippen LogP contribution in [0, 0.1) is 0 Å². The Labute approximate surface area is 179 Å². The molecule has 0 aromatic carbocycles. The number of hydrogen-bond acceptors (Lipinski definition) is 9. The van der Waals surface area contributed by atoms with Gasteiger partial charge in [0.2, 0.25) is 11.6 Å². The predicted octanol–water partition coefficient (Wildman–Crippen LogP) is 1.85. The molecule has 2 unspecified atom stereocenters. The highest BCUT2D eigenvalue weighted by Gasteiger charge is 2.51. The van der Waals surface area contributed by atoms with Crippen molar-refractivity contribution in [3.8, 4) is 0 Å². The van der Waals surface area contributed by atoms with Crippen LogP contribution in [0.4, 0.5) is 0 Å². The van der Waals surface area contributed by atoms with Gasteiger partial charge >= 0.3 is 17.7 Å². The highest BCUT2D eigenvalue weighted by molar-refractivity contribution is 6.08. The number of methoxy groups -OCH3 is 3. The van der Waals surface area contributed by atoms with Gasteiger partial charge in [-0.05, 0) is 36.3 Å². The lowest BCUT2D eigenvalue weighted by atomic mass is 9.89. The highest BCUT2D eigenvalue weighted by atomic mass is 16.7. The molecule has 2 aliphatic carbocycles. The Kier molecular flexibility index (Phi) is 7.14. The topological polar surface area (TPSA) is 114 Å². The van der Waals surface area contributed by atoms with Gasteiger partial charge in [-0.3, -0.25) is 19.2 Å². The number of carbonyl (C=O) groups is 4. The summed E-state index contributed by atoms with van der Waals surface area (Å²) in [7, 11) is 3.80. The molecule has 166 valence electrons. The zero-order chi connectivity index (χ0) is 23.4. The highest BCUT2D eigenvalue weighted by Crippen LogP contribution is 2.35. The van der Waals surface area contributed by atoms with Crippen LogP contribution in [0.1, 0.15) is 20.8 Å². The van der Waals surface area contributed by atoms with Crippen molar-refractivity contribution in [1.29, 1.82) is 0 Å². The largest absolute Gasteiger partial charge is 0.494 e. The number of Topliss-reactive ketones (excluding diaryl/α,β-unsaturated/α-hetero) is 1. The Balaban J connectivity index is 2.40. The van der Waals surface area contributed by atoms with Crippen molar-refractivity contribution >= 4 is 23.5 Å². The number of carbonyl (C=O) groups excluding carboxylic acids is 4. The van der Waals surface area contributed by atoms with Crippen LogP contribution in [-0.4, -0.2) is 56.4 Å². The molecule has 0 spiro atoms. The molecule has 2 aliphatic rings. The first-order valence-electron chi connectivity index (χ1n) is 9.20. The molecule has 31 heavy (non-hydrogen) atoms. The van der Waals surface area contributed by atoms with Gasteiger partial charge < -0.3 is 23.7 Å². The summed E-state index contributed by atoms with van der Waals surface area (Å²) in [6.45, 7) is 3.99. The van der Waals surface area contributed by atoms with Gasteiger partial charge in [-0.2, -0.15) is 0 Å². The average Bonchev–Trinajstić information content (AvgIpc) is 2.71. The van der Waals surface area contributed by atoms with E-state index in [1.165, 1.54) is 57.8 Å². The minimum atomic E-state index is -2.05. The maximum Gasteiger partial charge on any atom is 0.337 e. The van der Waals surface area contributed by atoms with Crippen molar-refractivity contribution < 1.29 is 42.9 Å². The first-order valence-corrected chi connectivity index (χ1v) is 9.20. The third-order valence-electron chi connectivity index (χ3n) is 4.61. The number of hydrogen-bond donors (Lipinski definition) is 0.